The number of halogens is 1. The van der Waals surface area contributed by atoms with Gasteiger partial charge in [0.1, 0.15) is 5.60 Å². The zero-order valence-electron chi connectivity index (χ0n) is 18.0. The molecule has 2 amide bonds. The smallest absolute Gasteiger partial charge is 0.410 e. The number of hydrogen-bond acceptors (Lipinski definition) is 5. The summed E-state index contributed by atoms with van der Waals surface area (Å²) in [6.45, 7) is 10.4. The first-order valence-electron chi connectivity index (χ1n) is 10.0. The predicted molar refractivity (Wildman–Crippen MR) is 116 cm³/mol. The van der Waals surface area contributed by atoms with E-state index in [1.807, 2.05) is 39.8 Å². The number of nitrogens with zero attached hydrogens (tertiary/aromatic N) is 2. The molecule has 7 nitrogen and oxygen atoms in total. The van der Waals surface area contributed by atoms with Gasteiger partial charge in [0.25, 0.3) is 5.91 Å². The fourth-order valence-electron chi connectivity index (χ4n) is 3.31. The SMILES string of the molecule is Cc1nc2cc(Cl)ccc2cc1C(=O)NC(C)C1CN(C(=O)OC(C)(C)C)CCO1. The molecule has 2 aromatic rings. The number of aryl methyl sites for hydroxylation is 1. The van der Waals surface area contributed by atoms with Crippen molar-refractivity contribution in [1.29, 1.82) is 0 Å². The number of carbonyl (C=O) groups is 2. The maximum atomic E-state index is 12.9. The van der Waals surface area contributed by atoms with Crippen molar-refractivity contribution in [3.63, 3.8) is 0 Å². The Kier molecular flexibility index (Phi) is 6.53. The van der Waals surface area contributed by atoms with Gasteiger partial charge in [0.15, 0.2) is 0 Å². The lowest BCUT2D eigenvalue weighted by atomic mass is 10.1. The van der Waals surface area contributed by atoms with Crippen LogP contribution in [0.3, 0.4) is 0 Å². The molecule has 0 saturated carbocycles. The van der Waals surface area contributed by atoms with Crippen molar-refractivity contribution in [2.24, 2.45) is 0 Å². The van der Waals surface area contributed by atoms with E-state index in [-0.39, 0.29) is 24.1 Å². The number of benzene rings is 1. The van der Waals surface area contributed by atoms with E-state index >= 15 is 0 Å². The van der Waals surface area contributed by atoms with Crippen LogP contribution in [0.5, 0.6) is 0 Å². The highest BCUT2D eigenvalue weighted by atomic mass is 35.5. The van der Waals surface area contributed by atoms with E-state index < -0.39 is 5.60 Å². The molecule has 0 bridgehead atoms. The third-order valence-corrected chi connectivity index (χ3v) is 5.11. The number of fused-ring (bicyclic) bond motifs is 1. The highest BCUT2D eigenvalue weighted by molar-refractivity contribution is 6.31. The molecule has 0 aliphatic carbocycles. The van der Waals surface area contributed by atoms with Gasteiger partial charge < -0.3 is 19.7 Å². The van der Waals surface area contributed by atoms with Gasteiger partial charge in [-0.25, -0.2) is 4.79 Å². The van der Waals surface area contributed by atoms with Gasteiger partial charge in [-0.3, -0.25) is 9.78 Å². The number of morpholine rings is 1. The fourth-order valence-corrected chi connectivity index (χ4v) is 3.48. The van der Waals surface area contributed by atoms with Crippen LogP contribution in [0.2, 0.25) is 5.02 Å². The van der Waals surface area contributed by atoms with E-state index in [2.05, 4.69) is 10.3 Å². The normalized spacial score (nSPS) is 18.2. The van der Waals surface area contributed by atoms with Crippen LogP contribution < -0.4 is 5.32 Å². The number of ether oxygens (including phenoxy) is 2. The fraction of sp³-hybridized carbons (Fsp3) is 0.500. The molecule has 0 spiro atoms. The molecule has 2 heterocycles. The number of amides is 2. The van der Waals surface area contributed by atoms with Gasteiger partial charge in [0.05, 0.1) is 42.1 Å². The summed E-state index contributed by atoms with van der Waals surface area (Å²) in [6, 6.07) is 6.89. The van der Waals surface area contributed by atoms with Gasteiger partial charge in [-0.15, -0.1) is 0 Å². The minimum Gasteiger partial charge on any atom is -0.444 e. The van der Waals surface area contributed by atoms with Crippen LogP contribution in [0, 0.1) is 6.92 Å². The van der Waals surface area contributed by atoms with Crippen molar-refractivity contribution in [2.45, 2.75) is 52.4 Å². The van der Waals surface area contributed by atoms with Gasteiger partial charge in [0, 0.05) is 17.0 Å². The molecule has 1 aromatic carbocycles. The maximum absolute atomic E-state index is 12.9. The summed E-state index contributed by atoms with van der Waals surface area (Å²) < 4.78 is 11.3. The molecule has 1 aliphatic rings. The molecule has 3 rings (SSSR count). The van der Waals surface area contributed by atoms with E-state index in [1.165, 1.54) is 0 Å². The van der Waals surface area contributed by atoms with Crippen LogP contribution in [0.1, 0.15) is 43.7 Å². The van der Waals surface area contributed by atoms with Gasteiger partial charge in [-0.05, 0) is 52.8 Å². The quantitative estimate of drug-likeness (QED) is 0.792. The molecule has 8 heteroatoms. The molecule has 0 radical (unpaired) electrons. The highest BCUT2D eigenvalue weighted by Gasteiger charge is 2.31. The Hall–Kier alpha value is -2.38. The second kappa shape index (κ2) is 8.78. The van der Waals surface area contributed by atoms with E-state index in [4.69, 9.17) is 21.1 Å². The first-order chi connectivity index (χ1) is 14.0. The Morgan fingerprint density at radius 3 is 2.77 bits per heavy atom. The van der Waals surface area contributed by atoms with Crippen LogP contribution in [-0.4, -0.2) is 59.3 Å². The van der Waals surface area contributed by atoms with Crippen molar-refractivity contribution >= 4 is 34.5 Å². The number of aromatic nitrogens is 1. The summed E-state index contributed by atoms with van der Waals surface area (Å²) in [7, 11) is 0. The largest absolute Gasteiger partial charge is 0.444 e. The summed E-state index contributed by atoms with van der Waals surface area (Å²) in [4.78, 5) is 31.4. The van der Waals surface area contributed by atoms with Crippen molar-refractivity contribution in [2.75, 3.05) is 19.7 Å². The molecule has 2 atom stereocenters. The summed E-state index contributed by atoms with van der Waals surface area (Å²) in [5, 5.41) is 4.42. The topological polar surface area (TPSA) is 80.8 Å². The average Bonchev–Trinajstić information content (AvgIpc) is 2.66. The molecular weight excluding hydrogens is 406 g/mol. The van der Waals surface area contributed by atoms with E-state index in [9.17, 15) is 9.59 Å². The highest BCUT2D eigenvalue weighted by Crippen LogP contribution is 2.21. The molecule has 30 heavy (non-hydrogen) atoms. The predicted octanol–water partition coefficient (Wildman–Crippen LogP) is 3.95. The first-order valence-corrected chi connectivity index (χ1v) is 10.4. The van der Waals surface area contributed by atoms with Gasteiger partial charge >= 0.3 is 6.09 Å². The molecular formula is C22H28ClN3O4. The van der Waals surface area contributed by atoms with Crippen LogP contribution >= 0.6 is 11.6 Å². The summed E-state index contributed by atoms with van der Waals surface area (Å²) in [6.07, 6.45) is -0.703. The maximum Gasteiger partial charge on any atom is 0.410 e. The van der Waals surface area contributed by atoms with Gasteiger partial charge in [-0.2, -0.15) is 0 Å². The number of nitrogens with one attached hydrogen (secondary N) is 1. The third kappa shape index (κ3) is 5.40. The second-order valence-corrected chi connectivity index (χ2v) is 8.99. The van der Waals surface area contributed by atoms with Crippen LogP contribution in [0.4, 0.5) is 4.79 Å². The molecule has 1 fully saturated rings. The third-order valence-electron chi connectivity index (χ3n) is 4.88. The lowest BCUT2D eigenvalue weighted by Crippen LogP contribution is -2.54. The summed E-state index contributed by atoms with van der Waals surface area (Å²) in [5.74, 6) is -0.234. The Bertz CT molecular complexity index is 957. The standard InChI is InChI=1S/C22H28ClN3O4/c1-13-17(10-15-6-7-16(23)11-18(15)24-13)20(27)25-14(2)19-12-26(8-9-29-19)21(28)30-22(3,4)5/h6-7,10-11,14,19H,8-9,12H2,1-5H3,(H,25,27). The van der Waals surface area contributed by atoms with Crippen molar-refractivity contribution < 1.29 is 19.1 Å². The molecule has 2 unspecified atom stereocenters. The summed E-state index contributed by atoms with van der Waals surface area (Å²) in [5.41, 5.74) is 1.30. The number of rotatable bonds is 3. The Morgan fingerprint density at radius 2 is 2.07 bits per heavy atom. The lowest BCUT2D eigenvalue weighted by Gasteiger charge is -2.36. The minimum absolute atomic E-state index is 0.234. The van der Waals surface area contributed by atoms with Crippen molar-refractivity contribution in [3.05, 3.63) is 40.5 Å². The van der Waals surface area contributed by atoms with Crippen molar-refractivity contribution in [3.8, 4) is 0 Å². The van der Waals surface area contributed by atoms with Crippen LogP contribution in [0.15, 0.2) is 24.3 Å². The number of carbonyl (C=O) groups excluding carboxylic acids is 2. The van der Waals surface area contributed by atoms with Gasteiger partial charge in [-0.1, -0.05) is 17.7 Å². The number of pyridine rings is 1. The zero-order valence-corrected chi connectivity index (χ0v) is 18.7. The molecule has 1 aromatic heterocycles. The first kappa shape index (κ1) is 22.3. The van der Waals surface area contributed by atoms with Crippen LogP contribution in [-0.2, 0) is 9.47 Å². The van der Waals surface area contributed by atoms with E-state index in [0.29, 0.717) is 36.0 Å². The second-order valence-electron chi connectivity index (χ2n) is 8.56. The Balaban J connectivity index is 1.68. The molecule has 1 saturated heterocycles. The number of hydrogen-bond donors (Lipinski definition) is 1. The molecule has 1 N–H and O–H groups in total. The van der Waals surface area contributed by atoms with Crippen LogP contribution in [0.25, 0.3) is 10.9 Å². The molecule has 162 valence electrons. The Labute approximate surface area is 181 Å². The monoisotopic (exact) mass is 433 g/mol. The Morgan fingerprint density at radius 1 is 1.33 bits per heavy atom. The summed E-state index contributed by atoms with van der Waals surface area (Å²) >= 11 is 6.03. The van der Waals surface area contributed by atoms with Gasteiger partial charge in [0.2, 0.25) is 0 Å². The average molecular weight is 434 g/mol. The molecule has 1 aliphatic heterocycles. The minimum atomic E-state index is -0.560. The zero-order chi connectivity index (χ0) is 22.1. The van der Waals surface area contributed by atoms with E-state index in [0.717, 1.165) is 10.9 Å². The van der Waals surface area contributed by atoms with E-state index in [1.54, 1.807) is 24.0 Å². The lowest BCUT2D eigenvalue weighted by molar-refractivity contribution is -0.0515. The van der Waals surface area contributed by atoms with Crippen molar-refractivity contribution in [1.82, 2.24) is 15.2 Å².